The van der Waals surface area contributed by atoms with Gasteiger partial charge in [0.15, 0.2) is 0 Å². The Morgan fingerprint density at radius 1 is 1.31 bits per heavy atom. The van der Waals surface area contributed by atoms with E-state index in [1.807, 2.05) is 12.1 Å². The summed E-state index contributed by atoms with van der Waals surface area (Å²) in [6.45, 7) is 0. The highest BCUT2D eigenvalue weighted by molar-refractivity contribution is 5.78. The fourth-order valence-electron chi connectivity index (χ4n) is 2.12. The second-order valence-electron chi connectivity index (χ2n) is 4.78. The predicted octanol–water partition coefficient (Wildman–Crippen LogP) is 1.28. The number of rotatable bonds is 3. The summed E-state index contributed by atoms with van der Waals surface area (Å²) in [5, 5.41) is 0. The third-order valence-electron chi connectivity index (χ3n) is 3.42. The average molecular weight is 217 g/mol. The topological polar surface area (TPSA) is 74.7 Å². The summed E-state index contributed by atoms with van der Waals surface area (Å²) in [5.74, 6) is 0. The molecule has 4 N–H and O–H groups in total. The van der Waals surface area contributed by atoms with Gasteiger partial charge >= 0.3 is 5.69 Å². The van der Waals surface area contributed by atoms with Gasteiger partial charge in [-0.25, -0.2) is 4.79 Å². The van der Waals surface area contributed by atoms with E-state index in [1.54, 1.807) is 0 Å². The molecule has 16 heavy (non-hydrogen) atoms. The maximum Gasteiger partial charge on any atom is 0.323 e. The van der Waals surface area contributed by atoms with E-state index in [2.05, 4.69) is 16.0 Å². The first-order chi connectivity index (χ1) is 7.66. The van der Waals surface area contributed by atoms with Gasteiger partial charge in [-0.2, -0.15) is 0 Å². The maximum atomic E-state index is 11.2. The number of nitrogens with two attached hydrogens (primary N) is 1. The average Bonchev–Trinajstić information content (AvgIpc) is 2.86. The van der Waals surface area contributed by atoms with Crippen molar-refractivity contribution in [1.82, 2.24) is 9.97 Å². The van der Waals surface area contributed by atoms with E-state index < -0.39 is 0 Å². The minimum Gasteiger partial charge on any atom is -0.325 e. The monoisotopic (exact) mass is 217 g/mol. The van der Waals surface area contributed by atoms with Crippen LogP contribution in [0.3, 0.4) is 0 Å². The number of hydrogen-bond donors (Lipinski definition) is 3. The summed E-state index contributed by atoms with van der Waals surface area (Å²) in [6.07, 6.45) is 4.19. The molecule has 0 bridgehead atoms. The Kier molecular flexibility index (Phi) is 1.94. The molecule has 0 unspecified atom stereocenters. The van der Waals surface area contributed by atoms with Gasteiger partial charge in [-0.3, -0.25) is 0 Å². The molecule has 0 atom stereocenters. The Hall–Kier alpha value is -1.55. The second kappa shape index (κ2) is 3.22. The standard InChI is InChI=1S/C12H15N3O/c13-12(6-7-12)5-4-8-2-1-3-9-10(8)15-11(16)14-9/h1-3H,4-7,13H2,(H2,14,15,16). The highest BCUT2D eigenvalue weighted by atomic mass is 16.1. The van der Waals surface area contributed by atoms with Crippen LogP contribution in [0.4, 0.5) is 0 Å². The SMILES string of the molecule is NC1(CCc2cccc3[nH]c(=O)[nH]c23)CC1. The van der Waals surface area contributed by atoms with Crippen molar-refractivity contribution >= 4 is 11.0 Å². The van der Waals surface area contributed by atoms with E-state index >= 15 is 0 Å². The van der Waals surface area contributed by atoms with Crippen molar-refractivity contribution in [3.63, 3.8) is 0 Å². The molecule has 4 heteroatoms. The number of hydrogen-bond acceptors (Lipinski definition) is 2. The fraction of sp³-hybridized carbons (Fsp3) is 0.417. The van der Waals surface area contributed by atoms with Crippen molar-refractivity contribution in [2.75, 3.05) is 0 Å². The molecule has 3 rings (SSSR count). The van der Waals surface area contributed by atoms with E-state index in [1.165, 1.54) is 5.56 Å². The van der Waals surface area contributed by atoms with E-state index in [9.17, 15) is 4.79 Å². The number of benzene rings is 1. The molecule has 84 valence electrons. The summed E-state index contributed by atoms with van der Waals surface area (Å²) in [5.41, 5.74) is 8.97. The van der Waals surface area contributed by atoms with Crippen molar-refractivity contribution in [3.8, 4) is 0 Å². The van der Waals surface area contributed by atoms with Crippen LogP contribution in [-0.2, 0) is 6.42 Å². The molecule has 1 heterocycles. The summed E-state index contributed by atoms with van der Waals surface area (Å²) in [4.78, 5) is 16.8. The fourth-order valence-corrected chi connectivity index (χ4v) is 2.12. The van der Waals surface area contributed by atoms with Crippen LogP contribution in [0.5, 0.6) is 0 Å². The zero-order chi connectivity index (χ0) is 11.2. The Balaban J connectivity index is 1.93. The van der Waals surface area contributed by atoms with Crippen LogP contribution in [0.25, 0.3) is 11.0 Å². The van der Waals surface area contributed by atoms with Crippen LogP contribution in [0.2, 0.25) is 0 Å². The highest BCUT2D eigenvalue weighted by Gasteiger charge is 2.37. The minimum atomic E-state index is -0.142. The van der Waals surface area contributed by atoms with Gasteiger partial charge in [0.25, 0.3) is 0 Å². The first kappa shape index (κ1) is 9.66. The van der Waals surface area contributed by atoms with Crippen molar-refractivity contribution in [1.29, 1.82) is 0 Å². The quantitative estimate of drug-likeness (QED) is 0.724. The van der Waals surface area contributed by atoms with E-state index in [0.29, 0.717) is 0 Å². The number of para-hydroxylation sites is 1. The molecule has 0 spiro atoms. The van der Waals surface area contributed by atoms with E-state index in [-0.39, 0.29) is 11.2 Å². The number of aryl methyl sites for hydroxylation is 1. The van der Waals surface area contributed by atoms with Gasteiger partial charge in [-0.05, 0) is 37.3 Å². The number of aromatic nitrogens is 2. The molecule has 1 aliphatic carbocycles. The Morgan fingerprint density at radius 3 is 2.88 bits per heavy atom. The molecule has 0 amide bonds. The Bertz CT molecular complexity index is 577. The summed E-state index contributed by atoms with van der Waals surface area (Å²) < 4.78 is 0. The Morgan fingerprint density at radius 2 is 2.12 bits per heavy atom. The molecule has 0 radical (unpaired) electrons. The molecule has 4 nitrogen and oxygen atoms in total. The molecule has 0 saturated heterocycles. The molecule has 1 saturated carbocycles. The van der Waals surface area contributed by atoms with Crippen LogP contribution < -0.4 is 11.4 Å². The van der Waals surface area contributed by atoms with E-state index in [0.717, 1.165) is 36.7 Å². The van der Waals surface area contributed by atoms with Gasteiger partial charge < -0.3 is 15.7 Å². The van der Waals surface area contributed by atoms with Crippen LogP contribution in [-0.4, -0.2) is 15.5 Å². The molecule has 1 aromatic carbocycles. The molecule has 1 aromatic heterocycles. The van der Waals surface area contributed by atoms with Crippen LogP contribution in [0, 0.1) is 0 Å². The van der Waals surface area contributed by atoms with Gasteiger partial charge in [0.05, 0.1) is 11.0 Å². The third kappa shape index (κ3) is 1.65. The highest BCUT2D eigenvalue weighted by Crippen LogP contribution is 2.36. The summed E-state index contributed by atoms with van der Waals surface area (Å²) >= 11 is 0. The van der Waals surface area contributed by atoms with Gasteiger partial charge in [-0.15, -0.1) is 0 Å². The molecule has 1 aliphatic rings. The van der Waals surface area contributed by atoms with Crippen molar-refractivity contribution in [2.45, 2.75) is 31.2 Å². The second-order valence-corrected chi connectivity index (χ2v) is 4.78. The van der Waals surface area contributed by atoms with Gasteiger partial charge in [0.2, 0.25) is 0 Å². The lowest BCUT2D eigenvalue weighted by atomic mass is 10.0. The van der Waals surface area contributed by atoms with E-state index in [4.69, 9.17) is 5.73 Å². The lowest BCUT2D eigenvalue weighted by Crippen LogP contribution is -2.22. The molecular weight excluding hydrogens is 202 g/mol. The maximum absolute atomic E-state index is 11.2. The zero-order valence-corrected chi connectivity index (χ0v) is 9.05. The summed E-state index contributed by atoms with van der Waals surface area (Å²) in [7, 11) is 0. The Labute approximate surface area is 92.9 Å². The molecule has 1 fully saturated rings. The number of imidazole rings is 1. The van der Waals surface area contributed by atoms with Gasteiger partial charge in [-0.1, -0.05) is 12.1 Å². The molecule has 2 aromatic rings. The predicted molar refractivity (Wildman–Crippen MR) is 63.4 cm³/mol. The largest absolute Gasteiger partial charge is 0.325 e. The van der Waals surface area contributed by atoms with Crippen LogP contribution in [0.1, 0.15) is 24.8 Å². The lowest BCUT2D eigenvalue weighted by molar-refractivity contribution is 0.610. The van der Waals surface area contributed by atoms with Crippen molar-refractivity contribution < 1.29 is 0 Å². The van der Waals surface area contributed by atoms with Crippen molar-refractivity contribution in [2.24, 2.45) is 5.73 Å². The van der Waals surface area contributed by atoms with Gasteiger partial charge in [0, 0.05) is 5.54 Å². The normalized spacial score (nSPS) is 17.8. The van der Waals surface area contributed by atoms with Crippen LogP contribution in [0.15, 0.2) is 23.0 Å². The smallest absolute Gasteiger partial charge is 0.323 e. The van der Waals surface area contributed by atoms with Crippen molar-refractivity contribution in [3.05, 3.63) is 34.2 Å². The number of H-pyrrole nitrogens is 2. The third-order valence-corrected chi connectivity index (χ3v) is 3.42. The molecular formula is C12H15N3O. The molecule has 0 aliphatic heterocycles. The van der Waals surface area contributed by atoms with Gasteiger partial charge in [0.1, 0.15) is 0 Å². The number of aromatic amines is 2. The first-order valence-corrected chi connectivity index (χ1v) is 5.65. The number of fused-ring (bicyclic) bond motifs is 1. The number of nitrogens with one attached hydrogen (secondary N) is 2. The zero-order valence-electron chi connectivity index (χ0n) is 9.05. The first-order valence-electron chi connectivity index (χ1n) is 5.65. The summed E-state index contributed by atoms with van der Waals surface area (Å²) in [6, 6.07) is 5.93. The lowest BCUT2D eigenvalue weighted by Gasteiger charge is -2.08. The van der Waals surface area contributed by atoms with Crippen LogP contribution >= 0.6 is 0 Å². The minimum absolute atomic E-state index is 0.0682.